The van der Waals surface area contributed by atoms with Crippen molar-refractivity contribution in [3.05, 3.63) is 71.4 Å². The van der Waals surface area contributed by atoms with E-state index in [-0.39, 0.29) is 13.2 Å². The Hall–Kier alpha value is -2.95. The first kappa shape index (κ1) is 16.9. The average Bonchev–Trinajstić information content (AvgIpc) is 3.03. The summed E-state index contributed by atoms with van der Waals surface area (Å²) in [7, 11) is 0. The van der Waals surface area contributed by atoms with Crippen molar-refractivity contribution in [1.82, 2.24) is 4.98 Å². The molecular formula is C20H21FN2O2. The van der Waals surface area contributed by atoms with Gasteiger partial charge in [-0.1, -0.05) is 18.2 Å². The van der Waals surface area contributed by atoms with Gasteiger partial charge in [-0.05, 0) is 56.2 Å². The molecule has 1 unspecified atom stereocenters. The predicted octanol–water partition coefficient (Wildman–Crippen LogP) is 5.09. The molecule has 0 radical (unpaired) electrons. The molecule has 1 aromatic heterocycles. The number of aromatic nitrogens is 1. The minimum absolute atomic E-state index is 0. The monoisotopic (exact) mass is 340 g/mol. The molecule has 0 spiro atoms. The van der Waals surface area contributed by atoms with Crippen LogP contribution in [0.5, 0.6) is 0 Å². The number of rotatable bonds is 4. The highest BCUT2D eigenvalue weighted by molar-refractivity contribution is 5.96. The summed E-state index contributed by atoms with van der Waals surface area (Å²) < 4.78 is 18.5. The lowest BCUT2D eigenvalue weighted by molar-refractivity contribution is -0.117. The molecule has 5 heteroatoms. The van der Waals surface area contributed by atoms with Gasteiger partial charge in [0.25, 0.3) is 0 Å². The second-order valence-electron chi connectivity index (χ2n) is 6.09. The van der Waals surface area contributed by atoms with Gasteiger partial charge in [-0.3, -0.25) is 4.79 Å². The van der Waals surface area contributed by atoms with E-state index in [0.29, 0.717) is 11.6 Å². The van der Waals surface area contributed by atoms with Gasteiger partial charge in [-0.15, -0.1) is 0 Å². The fourth-order valence-corrected chi connectivity index (χ4v) is 2.56. The zero-order chi connectivity index (χ0) is 18.0. The van der Waals surface area contributed by atoms with Crippen LogP contribution in [0.15, 0.2) is 53.1 Å². The highest BCUT2D eigenvalue weighted by atomic mass is 19.1. The van der Waals surface area contributed by atoms with Gasteiger partial charge in [-0.25, -0.2) is 9.37 Å². The van der Waals surface area contributed by atoms with Crippen LogP contribution < -0.4 is 5.32 Å². The summed E-state index contributed by atoms with van der Waals surface area (Å²) in [5, 5.41) is 2.90. The van der Waals surface area contributed by atoms with E-state index >= 15 is 0 Å². The van der Waals surface area contributed by atoms with Crippen molar-refractivity contribution in [2.75, 3.05) is 5.32 Å². The maximum Gasteiger partial charge on any atom is 0.231 e. The minimum Gasteiger partial charge on any atom is -0.444 e. The first-order valence-electron chi connectivity index (χ1n) is 8.03. The smallest absolute Gasteiger partial charge is 0.231 e. The molecule has 130 valence electrons. The van der Waals surface area contributed by atoms with E-state index in [1.165, 1.54) is 12.1 Å². The Balaban J connectivity index is 0.00000243. The molecule has 0 fully saturated rings. The summed E-state index contributed by atoms with van der Waals surface area (Å²) in [5.41, 5.74) is 4.06. The number of anilines is 1. The summed E-state index contributed by atoms with van der Waals surface area (Å²) >= 11 is 0. The van der Waals surface area contributed by atoms with Crippen LogP contribution in [0.25, 0.3) is 11.5 Å². The molecule has 3 rings (SSSR count). The highest BCUT2D eigenvalue weighted by Crippen LogP contribution is 2.27. The lowest BCUT2D eigenvalue weighted by Crippen LogP contribution is -2.18. The molecule has 1 N–H and O–H groups in total. The maximum atomic E-state index is 13.0. The van der Waals surface area contributed by atoms with Crippen LogP contribution in [0.4, 0.5) is 10.1 Å². The van der Waals surface area contributed by atoms with E-state index in [1.807, 2.05) is 32.0 Å². The number of nitrogens with one attached hydrogen (secondary N) is 1. The van der Waals surface area contributed by atoms with Crippen molar-refractivity contribution in [1.29, 1.82) is 0 Å². The quantitative estimate of drug-likeness (QED) is 0.720. The molecule has 4 nitrogen and oxygen atoms in total. The number of carbonyl (C=O) groups excluding carboxylic acids is 1. The number of aryl methyl sites for hydroxylation is 2. The lowest BCUT2D eigenvalue weighted by Gasteiger charge is -2.13. The van der Waals surface area contributed by atoms with Crippen molar-refractivity contribution in [2.24, 2.45) is 0 Å². The Morgan fingerprint density at radius 3 is 2.56 bits per heavy atom. The Morgan fingerprint density at radius 1 is 1.20 bits per heavy atom. The summed E-state index contributed by atoms with van der Waals surface area (Å²) in [6.45, 7) is 5.61. The molecule has 0 bridgehead atoms. The minimum atomic E-state index is -0.394. The van der Waals surface area contributed by atoms with E-state index in [4.69, 9.17) is 4.42 Å². The standard InChI is InChI=1S/C20H19FN2O2.H2/c1-12-4-9-17(10-18(12)20-22-13(2)11-25-20)23-19(24)14(3)15-5-7-16(21)8-6-15;/h4-11,14H,1-3H3,(H,23,24);1H. The fraction of sp³-hybridized carbons (Fsp3) is 0.200. The van der Waals surface area contributed by atoms with Crippen LogP contribution in [0.2, 0.25) is 0 Å². The van der Waals surface area contributed by atoms with Gasteiger partial charge in [0, 0.05) is 12.7 Å². The number of halogens is 1. The van der Waals surface area contributed by atoms with Crippen molar-refractivity contribution in [3.8, 4) is 11.5 Å². The van der Waals surface area contributed by atoms with Crippen molar-refractivity contribution < 1.29 is 15.0 Å². The molecule has 1 atom stereocenters. The molecule has 3 aromatic rings. The number of benzene rings is 2. The second kappa shape index (κ2) is 6.89. The summed E-state index contributed by atoms with van der Waals surface area (Å²) in [5.74, 6) is -0.349. The molecule has 1 amide bonds. The van der Waals surface area contributed by atoms with Crippen LogP contribution in [-0.2, 0) is 4.79 Å². The van der Waals surface area contributed by atoms with Crippen molar-refractivity contribution >= 4 is 11.6 Å². The van der Waals surface area contributed by atoms with Gasteiger partial charge in [0.15, 0.2) is 0 Å². The predicted molar refractivity (Wildman–Crippen MR) is 97.0 cm³/mol. The van der Waals surface area contributed by atoms with Gasteiger partial charge in [0.05, 0.1) is 11.6 Å². The Morgan fingerprint density at radius 2 is 1.92 bits per heavy atom. The third-order valence-corrected chi connectivity index (χ3v) is 4.12. The van der Waals surface area contributed by atoms with E-state index in [0.717, 1.165) is 22.4 Å². The third-order valence-electron chi connectivity index (χ3n) is 4.12. The molecule has 2 aromatic carbocycles. The third kappa shape index (κ3) is 3.76. The number of amides is 1. The molecule has 1 heterocycles. The van der Waals surface area contributed by atoms with Gasteiger partial charge in [0.2, 0.25) is 11.8 Å². The maximum absolute atomic E-state index is 13.0. The van der Waals surface area contributed by atoms with E-state index in [1.54, 1.807) is 25.3 Å². The van der Waals surface area contributed by atoms with Crippen LogP contribution >= 0.6 is 0 Å². The van der Waals surface area contributed by atoms with E-state index in [9.17, 15) is 9.18 Å². The van der Waals surface area contributed by atoms with E-state index < -0.39 is 5.92 Å². The highest BCUT2D eigenvalue weighted by Gasteiger charge is 2.16. The molecular weight excluding hydrogens is 319 g/mol. The Bertz CT molecular complexity index is 906. The number of hydrogen-bond acceptors (Lipinski definition) is 3. The van der Waals surface area contributed by atoms with Crippen LogP contribution in [0, 0.1) is 19.7 Å². The molecule has 0 saturated heterocycles. The zero-order valence-corrected chi connectivity index (χ0v) is 14.3. The molecule has 25 heavy (non-hydrogen) atoms. The van der Waals surface area contributed by atoms with Crippen molar-refractivity contribution in [3.63, 3.8) is 0 Å². The lowest BCUT2D eigenvalue weighted by atomic mass is 10.00. The topological polar surface area (TPSA) is 55.1 Å². The first-order valence-corrected chi connectivity index (χ1v) is 8.03. The average molecular weight is 340 g/mol. The summed E-state index contributed by atoms with van der Waals surface area (Å²) in [6, 6.07) is 11.5. The van der Waals surface area contributed by atoms with Gasteiger partial charge >= 0.3 is 0 Å². The Labute approximate surface area is 147 Å². The van der Waals surface area contributed by atoms with Crippen molar-refractivity contribution in [2.45, 2.75) is 26.7 Å². The second-order valence-corrected chi connectivity index (χ2v) is 6.09. The molecule has 0 saturated carbocycles. The Kier molecular flexibility index (Phi) is 4.65. The largest absolute Gasteiger partial charge is 0.444 e. The van der Waals surface area contributed by atoms with Crippen LogP contribution in [-0.4, -0.2) is 10.9 Å². The molecule has 0 aliphatic heterocycles. The summed E-state index contributed by atoms with van der Waals surface area (Å²) in [6.07, 6.45) is 1.59. The number of oxazole rings is 1. The normalized spacial score (nSPS) is 12.0. The van der Waals surface area contributed by atoms with Gasteiger partial charge in [0.1, 0.15) is 12.1 Å². The number of nitrogens with zero attached hydrogens (tertiary/aromatic N) is 1. The van der Waals surface area contributed by atoms with Crippen LogP contribution in [0.3, 0.4) is 0 Å². The number of hydrogen-bond donors (Lipinski definition) is 1. The zero-order valence-electron chi connectivity index (χ0n) is 14.3. The first-order chi connectivity index (χ1) is 11.9. The van der Waals surface area contributed by atoms with Crippen LogP contribution in [0.1, 0.15) is 31.1 Å². The van der Waals surface area contributed by atoms with E-state index in [2.05, 4.69) is 10.3 Å². The molecule has 0 aliphatic rings. The molecule has 0 aliphatic carbocycles. The van der Waals surface area contributed by atoms with Gasteiger partial charge in [-0.2, -0.15) is 0 Å². The van der Waals surface area contributed by atoms with Gasteiger partial charge < -0.3 is 9.73 Å². The summed E-state index contributed by atoms with van der Waals surface area (Å²) in [4.78, 5) is 16.8. The fourth-order valence-electron chi connectivity index (χ4n) is 2.56. The number of carbonyl (C=O) groups is 1. The SMILES string of the molecule is Cc1coc(-c2cc(NC(=O)C(C)c3ccc(F)cc3)ccc2C)n1.[HH].